The predicted octanol–water partition coefficient (Wildman–Crippen LogP) is 4.74. The van der Waals surface area contributed by atoms with Crippen molar-refractivity contribution in [2.75, 3.05) is 12.3 Å². The van der Waals surface area contributed by atoms with E-state index in [1.54, 1.807) is 35.4 Å². The number of aryl methyl sites for hydroxylation is 1. The number of allylic oxidation sites excluding steroid dienone is 1. The van der Waals surface area contributed by atoms with Crippen molar-refractivity contribution in [1.82, 2.24) is 9.88 Å². The molecule has 0 fully saturated rings. The molecule has 0 saturated heterocycles. The molecule has 0 unspecified atom stereocenters. The van der Waals surface area contributed by atoms with Crippen molar-refractivity contribution < 1.29 is 14.6 Å². The van der Waals surface area contributed by atoms with E-state index in [1.807, 2.05) is 35.7 Å². The fourth-order valence-electron chi connectivity index (χ4n) is 2.63. The van der Waals surface area contributed by atoms with Crippen LogP contribution in [0.3, 0.4) is 0 Å². The summed E-state index contributed by atoms with van der Waals surface area (Å²) in [5.41, 5.74) is 1.07. The maximum atomic E-state index is 11.0. The van der Waals surface area contributed by atoms with Crippen LogP contribution in [0.5, 0.6) is 0 Å². The van der Waals surface area contributed by atoms with Gasteiger partial charge in [-0.15, -0.1) is 23.1 Å². The number of hydrogen-bond donors (Lipinski definition) is 1. The van der Waals surface area contributed by atoms with Crippen molar-refractivity contribution in [2.24, 2.45) is 0 Å². The van der Waals surface area contributed by atoms with Crippen molar-refractivity contribution in [3.8, 4) is 0 Å². The molecule has 0 aromatic carbocycles. The zero-order chi connectivity index (χ0) is 18.2. The van der Waals surface area contributed by atoms with Gasteiger partial charge in [-0.2, -0.15) is 0 Å². The second kappa shape index (κ2) is 9.45. The number of aromatic nitrogens is 1. The first-order chi connectivity index (χ1) is 12.7. The van der Waals surface area contributed by atoms with E-state index in [0.29, 0.717) is 5.76 Å². The lowest BCUT2D eigenvalue weighted by Crippen LogP contribution is -2.25. The molecule has 0 bridgehead atoms. The number of nitrogens with zero attached hydrogens (tertiary/aromatic N) is 2. The Kier molecular flexibility index (Phi) is 6.74. The van der Waals surface area contributed by atoms with E-state index in [4.69, 9.17) is 9.84 Å². The first-order valence-electron chi connectivity index (χ1n) is 8.34. The topological polar surface area (TPSA) is 62.7 Å². The number of rotatable bonds is 8. The minimum absolute atomic E-state index is 0.406. The molecule has 1 aliphatic heterocycles. The van der Waals surface area contributed by atoms with Gasteiger partial charge in [0.15, 0.2) is 5.76 Å². The molecule has 136 valence electrons. The summed E-state index contributed by atoms with van der Waals surface area (Å²) in [6.07, 6.45) is 6.07. The minimum atomic E-state index is -1.28. The Bertz CT molecular complexity index is 773. The molecule has 0 radical (unpaired) electrons. The van der Waals surface area contributed by atoms with Crippen LogP contribution in [-0.4, -0.2) is 33.4 Å². The minimum Gasteiger partial charge on any atom is -0.449 e. The first-order valence-corrected chi connectivity index (χ1v) is 10.2. The van der Waals surface area contributed by atoms with Crippen molar-refractivity contribution in [1.29, 1.82) is 0 Å². The summed E-state index contributed by atoms with van der Waals surface area (Å²) < 4.78 is 5.01. The summed E-state index contributed by atoms with van der Waals surface area (Å²) in [4.78, 5) is 18.8. The molecule has 3 rings (SSSR count). The molecule has 1 N–H and O–H groups in total. The van der Waals surface area contributed by atoms with Crippen LogP contribution in [0.25, 0.3) is 0 Å². The highest BCUT2D eigenvalue weighted by Crippen LogP contribution is 2.31. The summed E-state index contributed by atoms with van der Waals surface area (Å²) in [6.45, 7) is 1.49. The normalized spacial score (nSPS) is 13.9. The quantitative estimate of drug-likeness (QED) is 0.520. The van der Waals surface area contributed by atoms with E-state index < -0.39 is 6.16 Å². The van der Waals surface area contributed by atoms with Crippen molar-refractivity contribution in [3.05, 3.63) is 75.4 Å². The zero-order valence-corrected chi connectivity index (χ0v) is 15.8. The molecule has 3 heterocycles. The molecule has 1 aliphatic rings. The van der Waals surface area contributed by atoms with Crippen LogP contribution < -0.4 is 0 Å². The van der Waals surface area contributed by atoms with Gasteiger partial charge in [0.25, 0.3) is 0 Å². The fraction of sp³-hybridized carbons (Fsp3) is 0.263. The summed E-state index contributed by atoms with van der Waals surface area (Å²) in [5, 5.41) is 12.0. The van der Waals surface area contributed by atoms with Crippen LogP contribution in [0.2, 0.25) is 0 Å². The third kappa shape index (κ3) is 5.37. The number of hydrogen-bond acceptors (Lipinski definition) is 6. The van der Waals surface area contributed by atoms with E-state index in [2.05, 4.69) is 16.0 Å². The number of ether oxygens (including phenoxy) is 1. The van der Waals surface area contributed by atoms with Crippen molar-refractivity contribution in [2.45, 2.75) is 19.4 Å². The number of carboxylic acid groups (broad SMARTS) is 1. The Hall–Kier alpha value is -2.25. The lowest BCUT2D eigenvalue weighted by molar-refractivity contribution is 0.119. The van der Waals surface area contributed by atoms with E-state index in [0.717, 1.165) is 42.4 Å². The zero-order valence-electron chi connectivity index (χ0n) is 14.2. The lowest BCUT2D eigenvalue weighted by atomic mass is 10.2. The fourth-order valence-corrected chi connectivity index (χ4v) is 4.40. The number of carbonyl (C=O) groups is 1. The maximum Gasteiger partial charge on any atom is 0.511 e. The SMILES string of the molecule is O=C(O)OC1=C(SCCCc2ccccn2)N(Cc2cccs2)CC=C1. The summed E-state index contributed by atoms with van der Waals surface area (Å²) >= 11 is 3.34. The largest absolute Gasteiger partial charge is 0.511 e. The Morgan fingerprint density at radius 2 is 2.27 bits per heavy atom. The van der Waals surface area contributed by atoms with Crippen LogP contribution in [0, 0.1) is 0 Å². The van der Waals surface area contributed by atoms with Crippen LogP contribution in [0.1, 0.15) is 17.0 Å². The highest BCUT2D eigenvalue weighted by atomic mass is 32.2. The average Bonchev–Trinajstić information content (AvgIpc) is 3.14. The molecule has 0 atom stereocenters. The molecule has 5 nitrogen and oxygen atoms in total. The summed E-state index contributed by atoms with van der Waals surface area (Å²) in [7, 11) is 0. The second-order valence-corrected chi connectivity index (χ2v) is 7.79. The van der Waals surface area contributed by atoms with Crippen molar-refractivity contribution >= 4 is 29.3 Å². The maximum absolute atomic E-state index is 11.0. The second-order valence-electron chi connectivity index (χ2n) is 5.67. The van der Waals surface area contributed by atoms with Gasteiger partial charge in [0.05, 0.1) is 6.54 Å². The van der Waals surface area contributed by atoms with Gasteiger partial charge in [-0.25, -0.2) is 4.79 Å². The van der Waals surface area contributed by atoms with Gasteiger partial charge in [-0.05, 0) is 48.2 Å². The van der Waals surface area contributed by atoms with E-state index in [-0.39, 0.29) is 0 Å². The van der Waals surface area contributed by atoms with Crippen LogP contribution in [0.4, 0.5) is 4.79 Å². The Morgan fingerprint density at radius 3 is 3.00 bits per heavy atom. The van der Waals surface area contributed by atoms with Crippen LogP contribution >= 0.6 is 23.1 Å². The Balaban J connectivity index is 1.65. The molecule has 26 heavy (non-hydrogen) atoms. The Labute approximate surface area is 161 Å². The summed E-state index contributed by atoms with van der Waals surface area (Å²) in [5.74, 6) is 1.27. The molecule has 0 amide bonds. The smallest absolute Gasteiger partial charge is 0.449 e. The predicted molar refractivity (Wildman–Crippen MR) is 105 cm³/mol. The summed E-state index contributed by atoms with van der Waals surface area (Å²) in [6, 6.07) is 10.0. The standard InChI is InChI=1S/C19H20N2O3S2/c22-19(23)24-17-9-3-11-21(14-16-8-5-12-25-16)18(17)26-13-4-7-15-6-1-2-10-20-15/h1-3,5-6,8-10,12H,4,7,11,13-14H2,(H,22,23). The van der Waals surface area contributed by atoms with E-state index in [1.165, 1.54) is 4.88 Å². The molecule has 0 spiro atoms. The highest BCUT2D eigenvalue weighted by molar-refractivity contribution is 8.03. The first kappa shape index (κ1) is 18.5. The van der Waals surface area contributed by atoms with Gasteiger partial charge in [0.1, 0.15) is 5.03 Å². The van der Waals surface area contributed by atoms with Gasteiger partial charge in [0, 0.05) is 23.3 Å². The number of thioether (sulfide) groups is 1. The molecule has 2 aromatic heterocycles. The third-order valence-electron chi connectivity index (χ3n) is 3.76. The van der Waals surface area contributed by atoms with Crippen LogP contribution in [-0.2, 0) is 17.7 Å². The molecule has 2 aromatic rings. The molecule has 7 heteroatoms. The molecule has 0 aliphatic carbocycles. The van der Waals surface area contributed by atoms with E-state index >= 15 is 0 Å². The molecular formula is C19H20N2O3S2. The number of pyridine rings is 1. The van der Waals surface area contributed by atoms with Gasteiger partial charge in [-0.1, -0.05) is 18.2 Å². The lowest BCUT2D eigenvalue weighted by Gasteiger charge is -2.29. The van der Waals surface area contributed by atoms with Gasteiger partial charge < -0.3 is 14.7 Å². The van der Waals surface area contributed by atoms with Gasteiger partial charge in [-0.3, -0.25) is 4.98 Å². The van der Waals surface area contributed by atoms with Crippen LogP contribution in [0.15, 0.2) is 64.8 Å². The highest BCUT2D eigenvalue weighted by Gasteiger charge is 2.21. The average molecular weight is 389 g/mol. The molecule has 0 saturated carbocycles. The van der Waals surface area contributed by atoms with E-state index in [9.17, 15) is 4.79 Å². The number of thiophene rings is 1. The third-order valence-corrected chi connectivity index (χ3v) is 5.85. The Morgan fingerprint density at radius 1 is 1.35 bits per heavy atom. The van der Waals surface area contributed by atoms with Crippen molar-refractivity contribution in [3.63, 3.8) is 0 Å². The monoisotopic (exact) mass is 388 g/mol. The van der Waals surface area contributed by atoms with Gasteiger partial charge >= 0.3 is 6.16 Å². The molecular weight excluding hydrogens is 368 g/mol. The van der Waals surface area contributed by atoms with Gasteiger partial charge in [0.2, 0.25) is 0 Å².